The van der Waals surface area contributed by atoms with Crippen molar-refractivity contribution >= 4 is 8.25 Å². The van der Waals surface area contributed by atoms with Gasteiger partial charge in [0.2, 0.25) is 5.88 Å². The highest BCUT2D eigenvalue weighted by atomic mass is 31.1. The van der Waals surface area contributed by atoms with Crippen LogP contribution >= 0.6 is 8.25 Å². The number of hydrogen-bond donors (Lipinski definition) is 1. The van der Waals surface area contributed by atoms with Crippen molar-refractivity contribution in [2.24, 2.45) is 5.92 Å². The van der Waals surface area contributed by atoms with Crippen LogP contribution in [0.1, 0.15) is 29.5 Å². The van der Waals surface area contributed by atoms with Crippen LogP contribution < -0.4 is 14.2 Å². The first-order valence-corrected chi connectivity index (χ1v) is 14.6. The summed E-state index contributed by atoms with van der Waals surface area (Å²) in [5, 5.41) is 0. The van der Waals surface area contributed by atoms with E-state index < -0.39 is 20.0 Å². The molecular weight excluding hydrogens is 543 g/mol. The molecule has 0 saturated heterocycles. The second-order valence-electron chi connectivity index (χ2n) is 9.76. The molecule has 1 aliphatic carbocycles. The van der Waals surface area contributed by atoms with E-state index in [1.165, 1.54) is 6.33 Å². The number of hydrogen-bond acceptors (Lipinski definition) is 8. The van der Waals surface area contributed by atoms with E-state index in [9.17, 15) is 9.46 Å². The summed E-state index contributed by atoms with van der Waals surface area (Å²) in [5.74, 6) is 1.68. The maximum Gasteiger partial charge on any atom is 0.316 e. The van der Waals surface area contributed by atoms with Crippen molar-refractivity contribution in [2.75, 3.05) is 20.8 Å². The molecule has 1 unspecified atom stereocenters. The van der Waals surface area contributed by atoms with Crippen molar-refractivity contribution in [1.82, 2.24) is 9.97 Å². The smallest absolute Gasteiger partial charge is 0.316 e. The number of methoxy groups -OCH3 is 2. The van der Waals surface area contributed by atoms with E-state index in [2.05, 4.69) is 9.97 Å². The van der Waals surface area contributed by atoms with Crippen LogP contribution in [0.2, 0.25) is 0 Å². The summed E-state index contributed by atoms with van der Waals surface area (Å²) in [4.78, 5) is 17.8. The van der Waals surface area contributed by atoms with Gasteiger partial charge in [-0.2, -0.15) is 0 Å². The minimum atomic E-state index is -3.18. The molecule has 1 saturated carbocycles. The summed E-state index contributed by atoms with van der Waals surface area (Å²) in [6.07, 6.45) is 3.22. The first-order chi connectivity index (χ1) is 20.0. The molecule has 4 aromatic rings. The Morgan fingerprint density at radius 1 is 0.854 bits per heavy atom. The van der Waals surface area contributed by atoms with Crippen molar-refractivity contribution < 1.29 is 32.9 Å². The van der Waals surface area contributed by atoms with E-state index in [1.54, 1.807) is 26.5 Å². The summed E-state index contributed by atoms with van der Waals surface area (Å²) >= 11 is 0. The van der Waals surface area contributed by atoms with Crippen molar-refractivity contribution in [3.63, 3.8) is 0 Å². The Kier molecular flexibility index (Phi) is 9.31. The molecule has 10 heteroatoms. The largest absolute Gasteiger partial charge is 0.497 e. The van der Waals surface area contributed by atoms with E-state index in [1.807, 2.05) is 78.9 Å². The lowest BCUT2D eigenvalue weighted by Gasteiger charge is -2.37. The minimum absolute atomic E-state index is 0.220. The average molecular weight is 577 g/mol. The lowest BCUT2D eigenvalue weighted by Crippen LogP contribution is -2.36. The first kappa shape index (κ1) is 28.8. The Morgan fingerprint density at radius 3 is 2.00 bits per heavy atom. The Bertz CT molecular complexity index is 1360. The second kappa shape index (κ2) is 13.3. The molecule has 41 heavy (non-hydrogen) atoms. The van der Waals surface area contributed by atoms with Gasteiger partial charge in [-0.15, -0.1) is 0 Å². The van der Waals surface area contributed by atoms with Crippen LogP contribution in [-0.4, -0.2) is 47.9 Å². The molecule has 0 bridgehead atoms. The van der Waals surface area contributed by atoms with Gasteiger partial charge in [0.1, 0.15) is 29.5 Å². The molecule has 4 atom stereocenters. The van der Waals surface area contributed by atoms with E-state index >= 15 is 0 Å². The van der Waals surface area contributed by atoms with E-state index in [0.717, 1.165) is 28.2 Å². The third-order valence-corrected chi connectivity index (χ3v) is 7.87. The molecule has 9 nitrogen and oxygen atoms in total. The van der Waals surface area contributed by atoms with E-state index in [4.69, 9.17) is 23.5 Å². The zero-order chi connectivity index (χ0) is 28.7. The van der Waals surface area contributed by atoms with Crippen LogP contribution in [0.5, 0.6) is 17.4 Å². The lowest BCUT2D eigenvalue weighted by atomic mass is 9.80. The second-order valence-corrected chi connectivity index (χ2v) is 10.5. The summed E-state index contributed by atoms with van der Waals surface area (Å²) < 4.78 is 41.2. The molecule has 0 spiro atoms. The Hall–Kier alpha value is -3.75. The Labute approximate surface area is 240 Å². The van der Waals surface area contributed by atoms with Gasteiger partial charge in [0.05, 0.1) is 26.9 Å². The molecule has 1 N–H and O–H groups in total. The molecule has 0 amide bonds. The minimum Gasteiger partial charge on any atom is -0.497 e. The SMILES string of the molecule is COc1ccc(C(OC[C@H]2C[C@@H](Oc3ccncn3)C[C@@H]2O[PH](=O)O)(c2ccccc2)c2ccc(OC)cc2)cc1. The summed E-state index contributed by atoms with van der Waals surface area (Å²) in [7, 11) is 0.0799. The Balaban J connectivity index is 1.52. The topological polar surface area (TPSA) is 109 Å². The van der Waals surface area contributed by atoms with Crippen molar-refractivity contribution in [3.8, 4) is 17.4 Å². The normalized spacial score (nSPS) is 19.4. The zero-order valence-electron chi connectivity index (χ0n) is 22.9. The number of rotatable bonds is 12. The highest BCUT2D eigenvalue weighted by Gasteiger charge is 2.43. The van der Waals surface area contributed by atoms with Gasteiger partial charge in [0.25, 0.3) is 0 Å². The molecule has 0 aliphatic heterocycles. The molecule has 3 aromatic carbocycles. The summed E-state index contributed by atoms with van der Waals surface area (Å²) in [5.41, 5.74) is 1.71. The zero-order valence-corrected chi connectivity index (χ0v) is 23.9. The van der Waals surface area contributed by atoms with Gasteiger partial charge in [-0.1, -0.05) is 54.6 Å². The highest BCUT2D eigenvalue weighted by Crippen LogP contribution is 2.44. The number of nitrogens with zero attached hydrogens (tertiary/aromatic N) is 2. The average Bonchev–Trinajstić information content (AvgIpc) is 3.38. The molecule has 1 aliphatic rings. The standard InChI is InChI=1S/C31H33N2O7P/c1-36-26-12-8-24(9-13-26)31(23-6-4-3-5-7-23,25-10-14-27(37-2)15-11-25)38-20-22-18-28(19-29(22)40-41(34)35)39-30-16-17-32-21-33-30/h3-17,21-22,28-29,41H,18-20H2,1-2H3,(H,34,35)/t22-,28-,29+/m1/s1. The van der Waals surface area contributed by atoms with E-state index in [0.29, 0.717) is 18.7 Å². The van der Waals surface area contributed by atoms with Crippen LogP contribution in [0.15, 0.2) is 97.5 Å². The molecule has 0 radical (unpaired) electrons. The predicted octanol–water partition coefficient (Wildman–Crippen LogP) is 5.43. The van der Waals surface area contributed by atoms with Gasteiger partial charge >= 0.3 is 8.25 Å². The number of benzene rings is 3. The lowest BCUT2D eigenvalue weighted by molar-refractivity contribution is -0.0260. The van der Waals surface area contributed by atoms with Crippen LogP contribution in [0, 0.1) is 5.92 Å². The van der Waals surface area contributed by atoms with Gasteiger partial charge in [0.15, 0.2) is 0 Å². The van der Waals surface area contributed by atoms with Gasteiger partial charge in [-0.25, -0.2) is 9.97 Å². The molecule has 214 valence electrons. The van der Waals surface area contributed by atoms with Crippen molar-refractivity contribution in [2.45, 2.75) is 30.7 Å². The van der Waals surface area contributed by atoms with Crippen LogP contribution in [-0.2, 0) is 19.4 Å². The van der Waals surface area contributed by atoms with E-state index in [-0.39, 0.29) is 18.6 Å². The maximum absolute atomic E-state index is 11.8. The molecular formula is C31H33N2O7P. The van der Waals surface area contributed by atoms with Gasteiger partial charge in [-0.3, -0.25) is 4.57 Å². The quantitative estimate of drug-likeness (QED) is 0.174. The van der Waals surface area contributed by atoms with Crippen LogP contribution in [0.25, 0.3) is 0 Å². The van der Waals surface area contributed by atoms with Crippen LogP contribution in [0.4, 0.5) is 0 Å². The maximum atomic E-state index is 11.8. The first-order valence-electron chi connectivity index (χ1n) is 13.3. The summed E-state index contributed by atoms with van der Waals surface area (Å²) in [6.45, 7) is 0.233. The predicted molar refractivity (Wildman–Crippen MR) is 154 cm³/mol. The molecule has 1 heterocycles. The number of ether oxygens (including phenoxy) is 4. The van der Waals surface area contributed by atoms with Gasteiger partial charge < -0.3 is 28.4 Å². The van der Waals surface area contributed by atoms with Crippen molar-refractivity contribution in [1.29, 1.82) is 0 Å². The third kappa shape index (κ3) is 6.60. The highest BCUT2D eigenvalue weighted by molar-refractivity contribution is 7.32. The molecule has 1 aromatic heterocycles. The Morgan fingerprint density at radius 2 is 1.46 bits per heavy atom. The molecule has 1 fully saturated rings. The van der Waals surface area contributed by atoms with Crippen LogP contribution in [0.3, 0.4) is 0 Å². The monoisotopic (exact) mass is 576 g/mol. The fourth-order valence-corrected chi connectivity index (χ4v) is 5.96. The van der Waals surface area contributed by atoms with Gasteiger partial charge in [0, 0.05) is 24.6 Å². The number of aromatic nitrogens is 2. The molecule has 5 rings (SSSR count). The van der Waals surface area contributed by atoms with Crippen molar-refractivity contribution in [3.05, 3.63) is 114 Å². The third-order valence-electron chi connectivity index (χ3n) is 7.37. The fraction of sp³-hybridized carbons (Fsp3) is 0.290. The fourth-order valence-electron chi connectivity index (χ4n) is 5.41. The van der Waals surface area contributed by atoms with Gasteiger partial charge in [-0.05, 0) is 47.4 Å². The summed E-state index contributed by atoms with van der Waals surface area (Å²) in [6, 6.07) is 27.3.